The first-order valence-corrected chi connectivity index (χ1v) is 5.72. The van der Waals surface area contributed by atoms with Gasteiger partial charge < -0.3 is 4.89 Å². The molecule has 6 nitrogen and oxygen atoms in total. The summed E-state index contributed by atoms with van der Waals surface area (Å²) in [7, 11) is 2.83. The van der Waals surface area contributed by atoms with Gasteiger partial charge in [0.1, 0.15) is 0 Å². The van der Waals surface area contributed by atoms with Crippen LogP contribution < -0.4 is 0 Å². The van der Waals surface area contributed by atoms with E-state index in [1.54, 1.807) is 0 Å². The van der Waals surface area contributed by atoms with E-state index in [1.165, 1.54) is 13.1 Å². The van der Waals surface area contributed by atoms with Crippen LogP contribution in [0.1, 0.15) is 0 Å². The van der Waals surface area contributed by atoms with Crippen molar-refractivity contribution >= 4 is 7.82 Å². The zero-order valence-corrected chi connectivity index (χ0v) is 10.0. The van der Waals surface area contributed by atoms with Gasteiger partial charge in [-0.15, -0.1) is 0 Å². The molecule has 1 heterocycles. The summed E-state index contributed by atoms with van der Waals surface area (Å²) in [5, 5.41) is 0. The van der Waals surface area contributed by atoms with Crippen molar-refractivity contribution in [2.75, 3.05) is 48.1 Å². The number of nitrogens with zero attached hydrogens (tertiary/aromatic N) is 2. The average Bonchev–Trinajstić information content (AvgIpc) is 2.51. The lowest BCUT2D eigenvalue weighted by Gasteiger charge is -2.06. The highest BCUT2D eigenvalue weighted by Crippen LogP contribution is 2.40. The fourth-order valence-corrected chi connectivity index (χ4v) is 1.12. The molecule has 0 aromatic heterocycles. The third-order valence-corrected chi connectivity index (χ3v) is 2.73. The molecule has 0 saturated carbocycles. The molecule has 1 N–H and O–H groups in total. The van der Waals surface area contributed by atoms with Gasteiger partial charge >= 0.3 is 7.82 Å². The smallest absolute Gasteiger partial charge is 0.303 e. The highest BCUT2D eigenvalue weighted by molar-refractivity contribution is 7.47. The second-order valence-corrected chi connectivity index (χ2v) is 4.80. The fraction of sp³-hybridized carbons (Fsp3) is 1.00. The van der Waals surface area contributed by atoms with E-state index in [0.717, 1.165) is 20.9 Å². The Balaban J connectivity index is 0.000000241. The molecule has 14 heavy (non-hydrogen) atoms. The van der Waals surface area contributed by atoms with Crippen molar-refractivity contribution < 1.29 is 18.5 Å². The first-order valence-electron chi connectivity index (χ1n) is 4.22. The molecular weight excluding hydrogens is 207 g/mol. The Bertz CT molecular complexity index is 186. The summed E-state index contributed by atoms with van der Waals surface area (Å²) in [4.78, 5) is 12.9. The van der Waals surface area contributed by atoms with Gasteiger partial charge in [-0.25, -0.2) is 4.57 Å². The number of rotatable bonds is 2. The lowest BCUT2D eigenvalue weighted by Crippen LogP contribution is -2.17. The number of phosphoric acid groups is 1. The van der Waals surface area contributed by atoms with Crippen LogP contribution in [-0.2, 0) is 13.6 Å². The minimum atomic E-state index is -3.65. The zero-order chi connectivity index (χ0) is 11.2. The third kappa shape index (κ3) is 6.48. The van der Waals surface area contributed by atoms with E-state index in [0.29, 0.717) is 0 Å². The van der Waals surface area contributed by atoms with Crippen LogP contribution in [-0.4, -0.2) is 62.8 Å². The molecule has 0 aromatic rings. The van der Waals surface area contributed by atoms with Gasteiger partial charge in [0.25, 0.3) is 0 Å². The normalized spacial score (nSPS) is 19.2. The Morgan fingerprint density at radius 2 is 1.50 bits per heavy atom. The molecule has 0 aliphatic carbocycles. The lowest BCUT2D eigenvalue weighted by molar-refractivity contribution is 0.204. The minimum absolute atomic E-state index is 1.10. The van der Waals surface area contributed by atoms with Crippen LogP contribution in [0.3, 0.4) is 0 Å². The predicted octanol–water partition coefficient (Wildman–Crippen LogP) is 0.201. The third-order valence-electron chi connectivity index (χ3n) is 1.81. The van der Waals surface area contributed by atoms with Gasteiger partial charge in [-0.2, -0.15) is 0 Å². The van der Waals surface area contributed by atoms with Crippen molar-refractivity contribution in [1.29, 1.82) is 0 Å². The van der Waals surface area contributed by atoms with Gasteiger partial charge in [-0.3, -0.25) is 18.8 Å². The Kier molecular flexibility index (Phi) is 6.52. The van der Waals surface area contributed by atoms with Crippen LogP contribution in [0, 0.1) is 0 Å². The largest absolute Gasteiger partial charge is 0.471 e. The fourth-order valence-electron chi connectivity index (χ4n) is 0.970. The van der Waals surface area contributed by atoms with Gasteiger partial charge in [-0.1, -0.05) is 0 Å². The standard InChI is InChI=1S/C5H12N2.C2H7O4P/c1-6-3-4-7(2)5-6;1-5-7(3,4)6-2/h3-5H2,1-2H3;1-2H3,(H,3,4). The van der Waals surface area contributed by atoms with Crippen molar-refractivity contribution in [3.05, 3.63) is 0 Å². The maximum atomic E-state index is 10.1. The Hall–Kier alpha value is 0.0300. The summed E-state index contributed by atoms with van der Waals surface area (Å²) in [6.07, 6.45) is 0. The summed E-state index contributed by atoms with van der Waals surface area (Å²) in [6, 6.07) is 0. The molecule has 1 saturated heterocycles. The van der Waals surface area contributed by atoms with Crippen LogP contribution in [0.2, 0.25) is 0 Å². The molecule has 1 aliphatic rings. The van der Waals surface area contributed by atoms with Gasteiger partial charge in [0.15, 0.2) is 0 Å². The van der Waals surface area contributed by atoms with E-state index in [1.807, 2.05) is 0 Å². The molecule has 0 unspecified atom stereocenters. The molecule has 0 amide bonds. The molecule has 7 heteroatoms. The van der Waals surface area contributed by atoms with Crippen molar-refractivity contribution in [3.8, 4) is 0 Å². The summed E-state index contributed by atoms with van der Waals surface area (Å²) in [6.45, 7) is 3.60. The monoisotopic (exact) mass is 226 g/mol. The summed E-state index contributed by atoms with van der Waals surface area (Å²) >= 11 is 0. The first-order chi connectivity index (χ1) is 6.41. The predicted molar refractivity (Wildman–Crippen MR) is 54.0 cm³/mol. The molecule has 0 radical (unpaired) electrons. The van der Waals surface area contributed by atoms with Gasteiger partial charge in [-0.05, 0) is 14.1 Å². The highest BCUT2D eigenvalue weighted by atomic mass is 31.2. The van der Waals surface area contributed by atoms with Crippen LogP contribution in [0.15, 0.2) is 0 Å². The summed E-state index contributed by atoms with van der Waals surface area (Å²) < 4.78 is 18.0. The van der Waals surface area contributed by atoms with Gasteiger partial charge in [0, 0.05) is 27.3 Å². The van der Waals surface area contributed by atoms with E-state index in [2.05, 4.69) is 32.9 Å². The van der Waals surface area contributed by atoms with Gasteiger partial charge in [0.05, 0.1) is 6.67 Å². The molecule has 1 aliphatic heterocycles. The summed E-state index contributed by atoms with van der Waals surface area (Å²) in [5.74, 6) is 0. The maximum absolute atomic E-state index is 10.1. The number of hydrogen-bond donors (Lipinski definition) is 1. The SMILES string of the molecule is CN1CCN(C)C1.COP(=O)(O)OC. The van der Waals surface area contributed by atoms with Crippen molar-refractivity contribution in [2.24, 2.45) is 0 Å². The Morgan fingerprint density at radius 3 is 1.57 bits per heavy atom. The number of likely N-dealkylation sites (N-methyl/N-ethyl adjacent to an activating group) is 2. The summed E-state index contributed by atoms with van der Waals surface area (Å²) in [5.41, 5.74) is 0. The van der Waals surface area contributed by atoms with Crippen molar-refractivity contribution in [2.45, 2.75) is 0 Å². The molecule has 0 aromatic carbocycles. The maximum Gasteiger partial charge on any atom is 0.471 e. The highest BCUT2D eigenvalue weighted by Gasteiger charge is 2.13. The zero-order valence-electron chi connectivity index (χ0n) is 9.13. The second-order valence-electron chi connectivity index (χ2n) is 3.13. The van der Waals surface area contributed by atoms with Crippen molar-refractivity contribution in [1.82, 2.24) is 9.80 Å². The van der Waals surface area contributed by atoms with E-state index < -0.39 is 7.82 Å². The lowest BCUT2D eigenvalue weighted by atomic mass is 10.6. The molecule has 0 bridgehead atoms. The Morgan fingerprint density at radius 1 is 1.14 bits per heavy atom. The first kappa shape index (κ1) is 14.0. The van der Waals surface area contributed by atoms with E-state index in [9.17, 15) is 4.57 Å². The Labute approximate surface area is 85.0 Å². The van der Waals surface area contributed by atoms with Crippen LogP contribution >= 0.6 is 7.82 Å². The van der Waals surface area contributed by atoms with Crippen LogP contribution in [0.5, 0.6) is 0 Å². The van der Waals surface area contributed by atoms with Crippen molar-refractivity contribution in [3.63, 3.8) is 0 Å². The van der Waals surface area contributed by atoms with Crippen LogP contribution in [0.25, 0.3) is 0 Å². The van der Waals surface area contributed by atoms with E-state index >= 15 is 0 Å². The second kappa shape index (κ2) is 6.50. The topological polar surface area (TPSA) is 62.2 Å². The number of phosphoric ester groups is 1. The van der Waals surface area contributed by atoms with E-state index in [-0.39, 0.29) is 0 Å². The molecular formula is C7H19N2O4P. The number of hydrogen-bond acceptors (Lipinski definition) is 5. The molecule has 86 valence electrons. The molecule has 1 rings (SSSR count). The van der Waals surface area contributed by atoms with Crippen LogP contribution in [0.4, 0.5) is 0 Å². The molecule has 0 spiro atoms. The quantitative estimate of drug-likeness (QED) is 0.679. The molecule has 1 fully saturated rings. The average molecular weight is 226 g/mol. The van der Waals surface area contributed by atoms with E-state index in [4.69, 9.17) is 4.89 Å². The minimum Gasteiger partial charge on any atom is -0.303 e. The van der Waals surface area contributed by atoms with Gasteiger partial charge in [0.2, 0.25) is 0 Å². The molecule has 0 atom stereocenters.